The van der Waals surface area contributed by atoms with Crippen LogP contribution in [0.25, 0.3) is 0 Å². The van der Waals surface area contributed by atoms with E-state index in [9.17, 15) is 4.79 Å². The molecule has 0 aliphatic carbocycles. The predicted octanol–water partition coefficient (Wildman–Crippen LogP) is 2.04. The van der Waals surface area contributed by atoms with Crippen LogP contribution in [0.1, 0.15) is 25.3 Å². The zero-order chi connectivity index (χ0) is 12.7. The summed E-state index contributed by atoms with van der Waals surface area (Å²) in [5.41, 5.74) is 1.12. The number of carbonyl (C=O) groups is 1. The Kier molecular flexibility index (Phi) is 5.49. The summed E-state index contributed by atoms with van der Waals surface area (Å²) in [6.45, 7) is 2.66. The fourth-order valence-corrected chi connectivity index (χ4v) is 1.58. The molecule has 0 radical (unpaired) electrons. The standard InChI is InChI=1S/C13H19NO3/c1-3-11(8-13(15)16)14-9-10-4-6-12(17-2)7-5-10/h4-7,11,14H,3,8-9H2,1-2H3,(H,15,16)/t11-/m1/s1. The second kappa shape index (κ2) is 6.91. The Morgan fingerprint density at radius 1 is 1.41 bits per heavy atom. The van der Waals surface area contributed by atoms with E-state index < -0.39 is 5.97 Å². The van der Waals surface area contributed by atoms with E-state index in [0.29, 0.717) is 6.54 Å². The molecular weight excluding hydrogens is 218 g/mol. The van der Waals surface area contributed by atoms with Crippen LogP contribution < -0.4 is 10.1 Å². The highest BCUT2D eigenvalue weighted by molar-refractivity contribution is 5.67. The van der Waals surface area contributed by atoms with Crippen LogP contribution >= 0.6 is 0 Å². The first kappa shape index (κ1) is 13.5. The molecular formula is C13H19NO3. The van der Waals surface area contributed by atoms with Gasteiger partial charge in [-0.1, -0.05) is 19.1 Å². The fraction of sp³-hybridized carbons (Fsp3) is 0.462. The lowest BCUT2D eigenvalue weighted by Gasteiger charge is -2.14. The van der Waals surface area contributed by atoms with E-state index in [1.165, 1.54) is 0 Å². The lowest BCUT2D eigenvalue weighted by molar-refractivity contribution is -0.137. The molecule has 1 aromatic carbocycles. The number of rotatable bonds is 7. The SMILES string of the molecule is CC[C@H](CC(=O)O)NCc1ccc(OC)cc1. The van der Waals surface area contributed by atoms with Gasteiger partial charge in [0.25, 0.3) is 0 Å². The van der Waals surface area contributed by atoms with Crippen molar-refractivity contribution in [2.24, 2.45) is 0 Å². The molecule has 0 saturated heterocycles. The van der Waals surface area contributed by atoms with Crippen LogP contribution in [0, 0.1) is 0 Å². The summed E-state index contributed by atoms with van der Waals surface area (Å²) in [4.78, 5) is 10.6. The molecule has 2 N–H and O–H groups in total. The first-order valence-corrected chi connectivity index (χ1v) is 5.73. The zero-order valence-corrected chi connectivity index (χ0v) is 10.3. The van der Waals surface area contributed by atoms with Gasteiger partial charge in [0.05, 0.1) is 13.5 Å². The second-order valence-electron chi connectivity index (χ2n) is 3.93. The average molecular weight is 237 g/mol. The van der Waals surface area contributed by atoms with E-state index in [4.69, 9.17) is 9.84 Å². The molecule has 0 bridgehead atoms. The predicted molar refractivity (Wildman–Crippen MR) is 66.2 cm³/mol. The van der Waals surface area contributed by atoms with Gasteiger partial charge in [0.15, 0.2) is 0 Å². The Hall–Kier alpha value is -1.55. The highest BCUT2D eigenvalue weighted by Gasteiger charge is 2.09. The van der Waals surface area contributed by atoms with E-state index in [1.807, 2.05) is 31.2 Å². The Morgan fingerprint density at radius 2 is 2.06 bits per heavy atom. The molecule has 0 heterocycles. The number of aliphatic carboxylic acids is 1. The Labute approximate surface area is 102 Å². The highest BCUT2D eigenvalue weighted by Crippen LogP contribution is 2.11. The van der Waals surface area contributed by atoms with E-state index in [0.717, 1.165) is 17.7 Å². The third-order valence-electron chi connectivity index (χ3n) is 2.67. The molecule has 4 nitrogen and oxygen atoms in total. The molecule has 1 rings (SSSR count). The average Bonchev–Trinajstić information content (AvgIpc) is 2.34. The lowest BCUT2D eigenvalue weighted by atomic mass is 10.1. The molecule has 4 heteroatoms. The van der Waals surface area contributed by atoms with Gasteiger partial charge >= 0.3 is 5.97 Å². The van der Waals surface area contributed by atoms with Crippen LogP contribution in [-0.4, -0.2) is 24.2 Å². The summed E-state index contributed by atoms with van der Waals surface area (Å²) in [6.07, 6.45) is 0.967. The van der Waals surface area contributed by atoms with Gasteiger partial charge in [-0.15, -0.1) is 0 Å². The summed E-state index contributed by atoms with van der Waals surface area (Å²) in [5.74, 6) is 0.0606. The highest BCUT2D eigenvalue weighted by atomic mass is 16.5. The maximum absolute atomic E-state index is 10.6. The van der Waals surface area contributed by atoms with Crippen molar-refractivity contribution in [1.82, 2.24) is 5.32 Å². The van der Waals surface area contributed by atoms with Crippen molar-refractivity contribution in [3.63, 3.8) is 0 Å². The van der Waals surface area contributed by atoms with E-state index >= 15 is 0 Å². The van der Waals surface area contributed by atoms with Gasteiger partial charge in [-0.2, -0.15) is 0 Å². The van der Waals surface area contributed by atoms with Crippen molar-refractivity contribution in [3.05, 3.63) is 29.8 Å². The zero-order valence-electron chi connectivity index (χ0n) is 10.3. The van der Waals surface area contributed by atoms with Crippen LogP contribution in [0.2, 0.25) is 0 Å². The van der Waals surface area contributed by atoms with Crippen molar-refractivity contribution in [1.29, 1.82) is 0 Å². The molecule has 0 unspecified atom stereocenters. The van der Waals surface area contributed by atoms with Crippen LogP contribution in [0.15, 0.2) is 24.3 Å². The van der Waals surface area contributed by atoms with Gasteiger partial charge in [0.2, 0.25) is 0 Å². The van der Waals surface area contributed by atoms with Crippen molar-refractivity contribution < 1.29 is 14.6 Å². The lowest BCUT2D eigenvalue weighted by Crippen LogP contribution is -2.30. The van der Waals surface area contributed by atoms with Crippen LogP contribution in [0.5, 0.6) is 5.75 Å². The Bertz CT molecular complexity index is 348. The maximum Gasteiger partial charge on any atom is 0.304 e. The van der Waals surface area contributed by atoms with E-state index in [1.54, 1.807) is 7.11 Å². The molecule has 0 aromatic heterocycles. The molecule has 0 saturated carbocycles. The summed E-state index contributed by atoms with van der Waals surface area (Å²) in [6, 6.07) is 7.76. The van der Waals surface area contributed by atoms with E-state index in [2.05, 4.69) is 5.32 Å². The van der Waals surface area contributed by atoms with Gasteiger partial charge in [-0.05, 0) is 24.1 Å². The van der Waals surface area contributed by atoms with Crippen LogP contribution in [0.4, 0.5) is 0 Å². The maximum atomic E-state index is 10.6. The van der Waals surface area contributed by atoms with Gasteiger partial charge in [-0.25, -0.2) is 0 Å². The largest absolute Gasteiger partial charge is 0.497 e. The quantitative estimate of drug-likeness (QED) is 0.762. The second-order valence-corrected chi connectivity index (χ2v) is 3.93. The Morgan fingerprint density at radius 3 is 2.53 bits per heavy atom. The number of carboxylic acid groups (broad SMARTS) is 1. The van der Waals surface area contributed by atoms with Crippen LogP contribution in [0.3, 0.4) is 0 Å². The molecule has 1 atom stereocenters. The minimum atomic E-state index is -0.765. The van der Waals surface area contributed by atoms with Gasteiger partial charge in [-0.3, -0.25) is 4.79 Å². The summed E-state index contributed by atoms with van der Waals surface area (Å²) in [5, 5.41) is 12.0. The number of ether oxygens (including phenoxy) is 1. The number of carboxylic acids is 1. The molecule has 94 valence electrons. The normalized spacial score (nSPS) is 12.1. The molecule has 0 aliphatic heterocycles. The third-order valence-corrected chi connectivity index (χ3v) is 2.67. The van der Waals surface area contributed by atoms with Crippen molar-refractivity contribution in [2.75, 3.05) is 7.11 Å². The fourth-order valence-electron chi connectivity index (χ4n) is 1.58. The van der Waals surface area contributed by atoms with Crippen molar-refractivity contribution >= 4 is 5.97 Å². The number of methoxy groups -OCH3 is 1. The smallest absolute Gasteiger partial charge is 0.304 e. The monoisotopic (exact) mass is 237 g/mol. The Balaban J connectivity index is 2.44. The first-order valence-electron chi connectivity index (χ1n) is 5.73. The molecule has 0 amide bonds. The van der Waals surface area contributed by atoms with Gasteiger partial charge in [0.1, 0.15) is 5.75 Å². The van der Waals surface area contributed by atoms with E-state index in [-0.39, 0.29) is 12.5 Å². The van der Waals surface area contributed by atoms with Crippen molar-refractivity contribution in [2.45, 2.75) is 32.4 Å². The minimum absolute atomic E-state index is 0.0228. The van der Waals surface area contributed by atoms with Gasteiger partial charge in [0, 0.05) is 12.6 Å². The van der Waals surface area contributed by atoms with Crippen molar-refractivity contribution in [3.8, 4) is 5.75 Å². The number of nitrogens with one attached hydrogen (secondary N) is 1. The molecule has 0 fully saturated rings. The summed E-state index contributed by atoms with van der Waals surface area (Å²) < 4.78 is 5.07. The molecule has 0 aliphatic rings. The summed E-state index contributed by atoms with van der Waals surface area (Å²) in [7, 11) is 1.63. The number of hydrogen-bond acceptors (Lipinski definition) is 3. The summed E-state index contributed by atoms with van der Waals surface area (Å²) >= 11 is 0. The number of hydrogen-bond donors (Lipinski definition) is 2. The molecule has 0 spiro atoms. The molecule has 17 heavy (non-hydrogen) atoms. The molecule has 1 aromatic rings. The van der Waals surface area contributed by atoms with Crippen LogP contribution in [-0.2, 0) is 11.3 Å². The van der Waals surface area contributed by atoms with Gasteiger partial charge < -0.3 is 15.2 Å². The topological polar surface area (TPSA) is 58.6 Å². The number of benzene rings is 1. The third kappa shape index (κ3) is 4.87. The first-order chi connectivity index (χ1) is 8.15. The minimum Gasteiger partial charge on any atom is -0.497 e.